The SMILES string of the molecule is Cc1ccc(C(C)CCN)cc1C(=O)O. The number of hydrogen-bond donors (Lipinski definition) is 2. The topological polar surface area (TPSA) is 63.3 Å². The Kier molecular flexibility index (Phi) is 3.86. The van der Waals surface area contributed by atoms with E-state index in [1.54, 1.807) is 13.0 Å². The van der Waals surface area contributed by atoms with Gasteiger partial charge in [0, 0.05) is 0 Å². The third-order valence-corrected chi connectivity index (χ3v) is 2.66. The third kappa shape index (κ3) is 2.80. The lowest BCUT2D eigenvalue weighted by Crippen LogP contribution is -2.06. The average Bonchev–Trinajstić information content (AvgIpc) is 2.18. The molecule has 0 saturated heterocycles. The zero-order valence-corrected chi connectivity index (χ0v) is 9.16. The molecule has 1 atom stereocenters. The van der Waals surface area contributed by atoms with Gasteiger partial charge in [-0.15, -0.1) is 0 Å². The van der Waals surface area contributed by atoms with Gasteiger partial charge in [-0.25, -0.2) is 4.79 Å². The van der Waals surface area contributed by atoms with Gasteiger partial charge in [-0.05, 0) is 43.0 Å². The molecule has 1 aromatic carbocycles. The summed E-state index contributed by atoms with van der Waals surface area (Å²) in [7, 11) is 0. The van der Waals surface area contributed by atoms with Crippen LogP contribution >= 0.6 is 0 Å². The van der Waals surface area contributed by atoms with E-state index in [1.165, 1.54) is 0 Å². The average molecular weight is 207 g/mol. The molecule has 0 radical (unpaired) electrons. The number of carboxylic acids is 1. The molecule has 3 nitrogen and oxygen atoms in total. The Morgan fingerprint density at radius 1 is 1.53 bits per heavy atom. The molecule has 0 saturated carbocycles. The lowest BCUT2D eigenvalue weighted by atomic mass is 9.94. The van der Waals surface area contributed by atoms with Crippen LogP contribution in [0.5, 0.6) is 0 Å². The normalized spacial score (nSPS) is 12.5. The van der Waals surface area contributed by atoms with E-state index in [0.29, 0.717) is 18.0 Å². The Morgan fingerprint density at radius 2 is 2.20 bits per heavy atom. The fourth-order valence-electron chi connectivity index (χ4n) is 1.59. The minimum atomic E-state index is -0.866. The van der Waals surface area contributed by atoms with Crippen molar-refractivity contribution in [1.82, 2.24) is 0 Å². The number of aryl methyl sites for hydroxylation is 1. The molecule has 0 heterocycles. The first-order chi connectivity index (χ1) is 7.06. The molecule has 0 amide bonds. The summed E-state index contributed by atoms with van der Waals surface area (Å²) < 4.78 is 0. The minimum Gasteiger partial charge on any atom is -0.478 e. The highest BCUT2D eigenvalue weighted by atomic mass is 16.4. The number of nitrogens with two attached hydrogens (primary N) is 1. The summed E-state index contributed by atoms with van der Waals surface area (Å²) in [6.45, 7) is 4.49. The molecule has 0 aliphatic heterocycles. The van der Waals surface area contributed by atoms with E-state index in [1.807, 2.05) is 12.1 Å². The molecular weight excluding hydrogens is 190 g/mol. The molecule has 0 aliphatic carbocycles. The van der Waals surface area contributed by atoms with Crippen molar-refractivity contribution in [1.29, 1.82) is 0 Å². The number of hydrogen-bond acceptors (Lipinski definition) is 2. The highest BCUT2D eigenvalue weighted by Gasteiger charge is 2.11. The van der Waals surface area contributed by atoms with Gasteiger partial charge in [0.15, 0.2) is 0 Å². The lowest BCUT2D eigenvalue weighted by molar-refractivity contribution is 0.0696. The predicted octanol–water partition coefficient (Wildman–Crippen LogP) is 2.15. The maximum absolute atomic E-state index is 10.9. The summed E-state index contributed by atoms with van der Waals surface area (Å²) in [4.78, 5) is 10.9. The maximum atomic E-state index is 10.9. The Hall–Kier alpha value is -1.35. The van der Waals surface area contributed by atoms with Gasteiger partial charge in [0.1, 0.15) is 0 Å². The van der Waals surface area contributed by atoms with Gasteiger partial charge in [-0.2, -0.15) is 0 Å². The van der Waals surface area contributed by atoms with Gasteiger partial charge in [0.25, 0.3) is 0 Å². The first-order valence-corrected chi connectivity index (χ1v) is 5.10. The van der Waals surface area contributed by atoms with Gasteiger partial charge in [-0.3, -0.25) is 0 Å². The second-order valence-corrected chi connectivity index (χ2v) is 3.86. The Morgan fingerprint density at radius 3 is 2.73 bits per heavy atom. The van der Waals surface area contributed by atoms with E-state index in [4.69, 9.17) is 10.8 Å². The monoisotopic (exact) mass is 207 g/mol. The van der Waals surface area contributed by atoms with E-state index in [9.17, 15) is 4.79 Å². The largest absolute Gasteiger partial charge is 0.478 e. The molecule has 0 aromatic heterocycles. The molecule has 15 heavy (non-hydrogen) atoms. The van der Waals surface area contributed by atoms with E-state index >= 15 is 0 Å². The van der Waals surface area contributed by atoms with E-state index in [2.05, 4.69) is 6.92 Å². The summed E-state index contributed by atoms with van der Waals surface area (Å²) in [6.07, 6.45) is 0.877. The number of carboxylic acid groups (broad SMARTS) is 1. The molecule has 1 aromatic rings. The fourth-order valence-corrected chi connectivity index (χ4v) is 1.59. The zero-order valence-electron chi connectivity index (χ0n) is 9.16. The maximum Gasteiger partial charge on any atom is 0.335 e. The Bertz CT molecular complexity index is 361. The standard InChI is InChI=1S/C12H17NO2/c1-8(5-6-13)10-4-3-9(2)11(7-10)12(14)15/h3-4,7-8H,5-6,13H2,1-2H3,(H,14,15). The van der Waals surface area contributed by atoms with Crippen LogP contribution in [-0.2, 0) is 0 Å². The van der Waals surface area contributed by atoms with Crippen LogP contribution in [0.2, 0.25) is 0 Å². The van der Waals surface area contributed by atoms with Crippen LogP contribution in [0.15, 0.2) is 18.2 Å². The first-order valence-electron chi connectivity index (χ1n) is 5.10. The van der Waals surface area contributed by atoms with Crippen LogP contribution in [0.3, 0.4) is 0 Å². The van der Waals surface area contributed by atoms with Crippen molar-refractivity contribution in [3.05, 3.63) is 34.9 Å². The van der Waals surface area contributed by atoms with Crippen molar-refractivity contribution in [2.24, 2.45) is 5.73 Å². The molecular formula is C12H17NO2. The van der Waals surface area contributed by atoms with Crippen LogP contribution in [0.25, 0.3) is 0 Å². The minimum absolute atomic E-state index is 0.314. The number of aromatic carboxylic acids is 1. The van der Waals surface area contributed by atoms with Gasteiger partial charge in [-0.1, -0.05) is 19.1 Å². The Labute approximate surface area is 89.9 Å². The smallest absolute Gasteiger partial charge is 0.335 e. The molecule has 0 aliphatic rings. The van der Waals surface area contributed by atoms with Crippen molar-refractivity contribution >= 4 is 5.97 Å². The summed E-state index contributed by atoms with van der Waals surface area (Å²) in [6, 6.07) is 5.58. The van der Waals surface area contributed by atoms with E-state index < -0.39 is 5.97 Å². The van der Waals surface area contributed by atoms with Crippen molar-refractivity contribution in [3.8, 4) is 0 Å². The van der Waals surface area contributed by atoms with Crippen molar-refractivity contribution in [2.75, 3.05) is 6.54 Å². The fraction of sp³-hybridized carbons (Fsp3) is 0.417. The summed E-state index contributed by atoms with van der Waals surface area (Å²) in [5.41, 5.74) is 7.71. The molecule has 0 spiro atoms. The lowest BCUT2D eigenvalue weighted by Gasteiger charge is -2.12. The third-order valence-electron chi connectivity index (χ3n) is 2.66. The molecule has 0 fully saturated rings. The molecule has 0 bridgehead atoms. The summed E-state index contributed by atoms with van der Waals surface area (Å²) >= 11 is 0. The van der Waals surface area contributed by atoms with Gasteiger partial charge in [0.05, 0.1) is 5.56 Å². The molecule has 82 valence electrons. The van der Waals surface area contributed by atoms with Crippen LogP contribution < -0.4 is 5.73 Å². The van der Waals surface area contributed by atoms with E-state index in [0.717, 1.165) is 17.5 Å². The van der Waals surface area contributed by atoms with Crippen LogP contribution in [-0.4, -0.2) is 17.6 Å². The molecule has 1 rings (SSSR count). The van der Waals surface area contributed by atoms with Crippen LogP contribution in [0.1, 0.15) is 40.7 Å². The second-order valence-electron chi connectivity index (χ2n) is 3.86. The second kappa shape index (κ2) is 4.94. The summed E-state index contributed by atoms with van der Waals surface area (Å²) in [5.74, 6) is -0.553. The number of carbonyl (C=O) groups is 1. The van der Waals surface area contributed by atoms with E-state index in [-0.39, 0.29) is 0 Å². The molecule has 3 N–H and O–H groups in total. The first kappa shape index (κ1) is 11.7. The zero-order chi connectivity index (χ0) is 11.4. The molecule has 3 heteroatoms. The summed E-state index contributed by atoms with van der Waals surface area (Å²) in [5, 5.41) is 8.98. The highest BCUT2D eigenvalue weighted by Crippen LogP contribution is 2.21. The predicted molar refractivity (Wildman–Crippen MR) is 60.2 cm³/mol. The quantitative estimate of drug-likeness (QED) is 0.795. The Balaban J connectivity index is 3.02. The van der Waals surface area contributed by atoms with Gasteiger partial charge >= 0.3 is 5.97 Å². The number of benzene rings is 1. The highest BCUT2D eigenvalue weighted by molar-refractivity contribution is 5.89. The van der Waals surface area contributed by atoms with Gasteiger partial charge < -0.3 is 10.8 Å². The number of rotatable bonds is 4. The van der Waals surface area contributed by atoms with Gasteiger partial charge in [0.2, 0.25) is 0 Å². The van der Waals surface area contributed by atoms with Crippen LogP contribution in [0.4, 0.5) is 0 Å². The van der Waals surface area contributed by atoms with Crippen molar-refractivity contribution in [2.45, 2.75) is 26.2 Å². The molecule has 1 unspecified atom stereocenters. The van der Waals surface area contributed by atoms with Crippen LogP contribution in [0, 0.1) is 6.92 Å². The van der Waals surface area contributed by atoms with Crippen molar-refractivity contribution in [3.63, 3.8) is 0 Å². The van der Waals surface area contributed by atoms with Crippen molar-refractivity contribution < 1.29 is 9.90 Å².